The summed E-state index contributed by atoms with van der Waals surface area (Å²) < 4.78 is 11.9. The van der Waals surface area contributed by atoms with E-state index in [0.29, 0.717) is 23.3 Å². The summed E-state index contributed by atoms with van der Waals surface area (Å²) >= 11 is 0. The first-order valence-electron chi connectivity index (χ1n) is 6.60. The van der Waals surface area contributed by atoms with Crippen molar-refractivity contribution in [2.75, 3.05) is 20.8 Å². The fourth-order valence-corrected chi connectivity index (χ4v) is 2.00. The number of hydrogen-bond acceptors (Lipinski definition) is 4. The smallest absolute Gasteiger partial charge is 0.330 e. The van der Waals surface area contributed by atoms with Crippen LogP contribution in [0.2, 0.25) is 0 Å². The molecule has 2 rings (SSSR count). The fourth-order valence-electron chi connectivity index (χ4n) is 2.00. The molecule has 0 saturated heterocycles. The largest absolute Gasteiger partial charge is 0.494 e. The number of ether oxygens (including phenoxy) is 2. The van der Waals surface area contributed by atoms with E-state index in [2.05, 4.69) is 17.2 Å². The maximum absolute atomic E-state index is 12.3. The lowest BCUT2D eigenvalue weighted by atomic mass is 10.3. The van der Waals surface area contributed by atoms with E-state index in [1.54, 1.807) is 13.2 Å². The Balaban J connectivity index is 2.43. The van der Waals surface area contributed by atoms with Crippen LogP contribution in [-0.2, 0) is 0 Å². The van der Waals surface area contributed by atoms with Crippen LogP contribution in [0, 0.1) is 0 Å². The zero-order chi connectivity index (χ0) is 14.5. The summed E-state index contributed by atoms with van der Waals surface area (Å²) in [6.07, 6.45) is 1.96. The molecule has 1 N–H and O–H groups in total. The summed E-state index contributed by atoms with van der Waals surface area (Å²) in [5.41, 5.74) is 1.27. The monoisotopic (exact) mass is 277 g/mol. The molecular weight excluding hydrogens is 258 g/mol. The zero-order valence-corrected chi connectivity index (χ0v) is 12.0. The van der Waals surface area contributed by atoms with Gasteiger partial charge in [0.25, 0.3) is 0 Å². The second-order valence-corrected chi connectivity index (χ2v) is 4.35. The van der Waals surface area contributed by atoms with Crippen molar-refractivity contribution in [3.05, 3.63) is 18.2 Å². The second kappa shape index (κ2) is 6.27. The van der Waals surface area contributed by atoms with Gasteiger partial charge >= 0.3 is 12.0 Å². The third-order valence-corrected chi connectivity index (χ3v) is 3.03. The molecule has 1 aromatic heterocycles. The minimum absolute atomic E-state index is 0.244. The van der Waals surface area contributed by atoms with Crippen molar-refractivity contribution in [2.45, 2.75) is 19.8 Å². The number of unbranched alkanes of at least 4 members (excludes halogenated alkanes) is 1. The normalized spacial score (nSPS) is 10.6. The van der Waals surface area contributed by atoms with E-state index in [9.17, 15) is 4.79 Å². The van der Waals surface area contributed by atoms with Gasteiger partial charge in [-0.3, -0.25) is 0 Å². The molecule has 20 heavy (non-hydrogen) atoms. The van der Waals surface area contributed by atoms with Gasteiger partial charge in [-0.25, -0.2) is 9.36 Å². The minimum Gasteiger partial charge on any atom is -0.494 e. The second-order valence-electron chi connectivity index (χ2n) is 4.35. The van der Waals surface area contributed by atoms with Crippen molar-refractivity contribution < 1.29 is 14.3 Å². The summed E-state index contributed by atoms with van der Waals surface area (Å²) in [6.45, 7) is 2.70. The summed E-state index contributed by atoms with van der Waals surface area (Å²) in [5, 5.41) is 2.85. The van der Waals surface area contributed by atoms with E-state index in [4.69, 9.17) is 9.47 Å². The molecule has 0 unspecified atom stereocenters. The molecule has 1 amide bonds. The number of aromatic nitrogens is 2. The van der Waals surface area contributed by atoms with E-state index >= 15 is 0 Å². The number of rotatable bonds is 5. The number of hydrogen-bond donors (Lipinski definition) is 1. The van der Waals surface area contributed by atoms with Gasteiger partial charge in [0, 0.05) is 6.54 Å². The summed E-state index contributed by atoms with van der Waals surface area (Å²) in [7, 11) is 3.06. The molecule has 6 nitrogen and oxygen atoms in total. The van der Waals surface area contributed by atoms with Crippen LogP contribution in [0.5, 0.6) is 11.8 Å². The van der Waals surface area contributed by atoms with Gasteiger partial charge in [0.05, 0.1) is 19.7 Å². The van der Waals surface area contributed by atoms with E-state index in [0.717, 1.165) is 12.8 Å². The molecule has 1 aromatic carbocycles. The molecule has 108 valence electrons. The minimum atomic E-state index is -0.244. The summed E-state index contributed by atoms with van der Waals surface area (Å²) in [6, 6.07) is 5.43. The SMILES string of the molecule is CCCCNC(=O)n1c(OC)nc2c(OC)cccc21. The van der Waals surface area contributed by atoms with Crippen LogP contribution in [-0.4, -0.2) is 36.3 Å². The van der Waals surface area contributed by atoms with E-state index in [-0.39, 0.29) is 12.0 Å². The number of amides is 1. The van der Waals surface area contributed by atoms with Crippen LogP contribution in [0.25, 0.3) is 11.0 Å². The van der Waals surface area contributed by atoms with Gasteiger partial charge in [-0.15, -0.1) is 0 Å². The molecule has 0 bridgehead atoms. The van der Waals surface area contributed by atoms with Crippen molar-refractivity contribution in [1.29, 1.82) is 0 Å². The van der Waals surface area contributed by atoms with Crippen LogP contribution >= 0.6 is 0 Å². The Kier molecular flexibility index (Phi) is 4.45. The van der Waals surface area contributed by atoms with E-state index < -0.39 is 0 Å². The fraction of sp³-hybridized carbons (Fsp3) is 0.429. The van der Waals surface area contributed by atoms with Crippen molar-refractivity contribution in [3.63, 3.8) is 0 Å². The van der Waals surface area contributed by atoms with Crippen molar-refractivity contribution >= 4 is 17.1 Å². The van der Waals surface area contributed by atoms with Crippen LogP contribution in [0.3, 0.4) is 0 Å². The lowest BCUT2D eigenvalue weighted by Crippen LogP contribution is -2.29. The van der Waals surface area contributed by atoms with Gasteiger partial charge in [0.1, 0.15) is 11.3 Å². The number of methoxy groups -OCH3 is 2. The molecule has 0 saturated carbocycles. The molecule has 2 aromatic rings. The van der Waals surface area contributed by atoms with E-state index in [1.807, 2.05) is 12.1 Å². The molecular formula is C14H19N3O3. The van der Waals surface area contributed by atoms with Crippen LogP contribution in [0.1, 0.15) is 19.8 Å². The molecule has 0 atom stereocenters. The van der Waals surface area contributed by atoms with Gasteiger partial charge < -0.3 is 14.8 Å². The van der Waals surface area contributed by atoms with E-state index in [1.165, 1.54) is 11.7 Å². The summed E-state index contributed by atoms with van der Waals surface area (Å²) in [4.78, 5) is 16.6. The highest BCUT2D eigenvalue weighted by Gasteiger charge is 2.19. The number of para-hydroxylation sites is 1. The van der Waals surface area contributed by atoms with Gasteiger partial charge in [-0.05, 0) is 18.6 Å². The summed E-state index contributed by atoms with van der Waals surface area (Å²) in [5.74, 6) is 0.612. The van der Waals surface area contributed by atoms with Gasteiger partial charge in [0.15, 0.2) is 0 Å². The highest BCUT2D eigenvalue weighted by molar-refractivity contribution is 5.93. The molecule has 6 heteroatoms. The molecule has 0 aliphatic heterocycles. The Hall–Kier alpha value is -2.24. The Morgan fingerprint density at radius 2 is 2.15 bits per heavy atom. The Labute approximate surface area is 117 Å². The van der Waals surface area contributed by atoms with Gasteiger partial charge in [0.2, 0.25) is 0 Å². The molecule has 0 fully saturated rings. The van der Waals surface area contributed by atoms with Crippen molar-refractivity contribution in [2.24, 2.45) is 0 Å². The van der Waals surface area contributed by atoms with Crippen molar-refractivity contribution in [1.82, 2.24) is 14.9 Å². The maximum Gasteiger partial charge on any atom is 0.330 e. The predicted octanol–water partition coefficient (Wildman–Crippen LogP) is 2.41. The van der Waals surface area contributed by atoms with Crippen LogP contribution < -0.4 is 14.8 Å². The molecule has 0 aliphatic rings. The molecule has 0 radical (unpaired) electrons. The average Bonchev–Trinajstić information content (AvgIpc) is 2.85. The van der Waals surface area contributed by atoms with Crippen LogP contribution in [0.4, 0.5) is 4.79 Å². The zero-order valence-electron chi connectivity index (χ0n) is 12.0. The van der Waals surface area contributed by atoms with Crippen LogP contribution in [0.15, 0.2) is 18.2 Å². The first-order chi connectivity index (χ1) is 9.72. The lowest BCUT2D eigenvalue weighted by molar-refractivity contribution is 0.239. The molecule has 0 spiro atoms. The number of imidazole rings is 1. The highest BCUT2D eigenvalue weighted by atomic mass is 16.5. The number of nitrogens with zero attached hydrogens (tertiary/aromatic N) is 2. The van der Waals surface area contributed by atoms with Crippen molar-refractivity contribution in [3.8, 4) is 11.8 Å². The van der Waals surface area contributed by atoms with Gasteiger partial charge in [-0.2, -0.15) is 4.98 Å². The Bertz CT molecular complexity index is 607. The van der Waals surface area contributed by atoms with Gasteiger partial charge in [-0.1, -0.05) is 19.4 Å². The lowest BCUT2D eigenvalue weighted by Gasteiger charge is -2.08. The molecule has 0 aliphatic carbocycles. The average molecular weight is 277 g/mol. The quantitative estimate of drug-likeness (QED) is 0.852. The number of carbonyl (C=O) groups is 1. The molecule has 1 heterocycles. The third-order valence-electron chi connectivity index (χ3n) is 3.03. The number of nitrogens with one attached hydrogen (secondary N) is 1. The highest BCUT2D eigenvalue weighted by Crippen LogP contribution is 2.28. The number of benzene rings is 1. The Morgan fingerprint density at radius 1 is 1.35 bits per heavy atom. The predicted molar refractivity (Wildman–Crippen MR) is 76.5 cm³/mol. The Morgan fingerprint density at radius 3 is 2.80 bits per heavy atom. The standard InChI is InChI=1S/C14H19N3O3/c1-4-5-9-15-13(18)17-10-7-6-8-11(19-2)12(10)16-14(17)20-3/h6-8H,4-5,9H2,1-3H3,(H,15,18). The first-order valence-corrected chi connectivity index (χ1v) is 6.60. The number of fused-ring (bicyclic) bond motifs is 1. The maximum atomic E-state index is 12.3. The number of carbonyl (C=O) groups excluding carboxylic acids is 1. The first kappa shape index (κ1) is 14.2. The third kappa shape index (κ3) is 2.54. The topological polar surface area (TPSA) is 65.4 Å².